The lowest BCUT2D eigenvalue weighted by atomic mass is 9.87. The minimum atomic E-state index is -1.40. The van der Waals surface area contributed by atoms with Crippen molar-refractivity contribution in [1.82, 2.24) is 20.9 Å². The number of urea groups is 2. The van der Waals surface area contributed by atoms with Crippen LogP contribution in [0.1, 0.15) is 24.7 Å². The molecule has 1 saturated heterocycles. The molecule has 1 aliphatic rings. The van der Waals surface area contributed by atoms with Crippen LogP contribution in [-0.4, -0.2) is 35.3 Å². The molecule has 0 radical (unpaired) electrons. The fourth-order valence-electron chi connectivity index (χ4n) is 3.08. The highest BCUT2D eigenvalue weighted by Gasteiger charge is 2.51. The monoisotopic (exact) mass is 402 g/mol. The van der Waals surface area contributed by atoms with E-state index in [-0.39, 0.29) is 13.0 Å². The Morgan fingerprint density at radius 2 is 1.93 bits per heavy atom. The molecule has 3 rings (SSSR count). The van der Waals surface area contributed by atoms with Crippen LogP contribution in [0, 0.1) is 5.82 Å². The molecule has 1 fully saturated rings. The molecule has 10 heteroatoms. The molecule has 0 aliphatic carbocycles. The van der Waals surface area contributed by atoms with E-state index in [0.29, 0.717) is 11.3 Å². The van der Waals surface area contributed by atoms with Crippen LogP contribution < -0.4 is 16.0 Å². The Balaban J connectivity index is 1.63. The Morgan fingerprint density at radius 3 is 2.55 bits per heavy atom. The second-order valence-corrected chi connectivity index (χ2v) is 6.40. The van der Waals surface area contributed by atoms with Gasteiger partial charge in [0.15, 0.2) is 0 Å². The number of benzene rings is 1. The van der Waals surface area contributed by atoms with Gasteiger partial charge in [0.1, 0.15) is 23.7 Å². The number of nitrogens with zero attached hydrogens (tertiary/aromatic N) is 1. The van der Waals surface area contributed by atoms with Crippen molar-refractivity contribution in [2.45, 2.75) is 25.4 Å². The second-order valence-electron chi connectivity index (χ2n) is 6.40. The van der Waals surface area contributed by atoms with Gasteiger partial charge in [-0.2, -0.15) is 0 Å². The van der Waals surface area contributed by atoms with Crippen LogP contribution in [0.2, 0.25) is 0 Å². The average Bonchev–Trinajstić information content (AvgIpc) is 3.29. The number of hydrogen-bond acceptors (Lipinski definition) is 5. The highest BCUT2D eigenvalue weighted by atomic mass is 19.1. The summed E-state index contributed by atoms with van der Waals surface area (Å²) in [6, 6.07) is 6.92. The second kappa shape index (κ2) is 8.13. The van der Waals surface area contributed by atoms with Gasteiger partial charge in [-0.3, -0.25) is 19.8 Å². The molecule has 152 valence electrons. The van der Waals surface area contributed by atoms with Crippen molar-refractivity contribution in [2.24, 2.45) is 0 Å². The minimum Gasteiger partial charge on any atom is -0.467 e. The molecule has 1 aromatic heterocycles. The van der Waals surface area contributed by atoms with Gasteiger partial charge in [0.25, 0.3) is 5.91 Å². The number of carbonyl (C=O) groups is 4. The standard InChI is InChI=1S/C19H19FN4O5/c1-2-19(12-5-7-13(20)8-6-12)16(26)24(18(28)23-19)11-15(25)22-17(27)21-10-14-4-3-9-29-14/h3-9H,2,10-11H2,1H3,(H,23,28)(H2,21,22,25,27)/t19-/m1/s1. The van der Waals surface area contributed by atoms with Gasteiger partial charge in [-0.1, -0.05) is 19.1 Å². The average molecular weight is 402 g/mol. The van der Waals surface area contributed by atoms with Crippen molar-refractivity contribution < 1.29 is 28.0 Å². The number of amides is 6. The molecule has 2 heterocycles. The van der Waals surface area contributed by atoms with Crippen molar-refractivity contribution in [3.05, 3.63) is 59.8 Å². The van der Waals surface area contributed by atoms with Crippen LogP contribution in [0.15, 0.2) is 47.1 Å². The SMILES string of the molecule is CC[C@]1(c2ccc(F)cc2)NC(=O)N(CC(=O)NC(=O)NCc2ccco2)C1=O. The van der Waals surface area contributed by atoms with Gasteiger partial charge in [-0.25, -0.2) is 14.0 Å². The van der Waals surface area contributed by atoms with Crippen LogP contribution in [-0.2, 0) is 21.7 Å². The Hall–Kier alpha value is -3.69. The first-order valence-corrected chi connectivity index (χ1v) is 8.86. The summed E-state index contributed by atoms with van der Waals surface area (Å²) in [5.74, 6) is -1.47. The molecule has 0 bridgehead atoms. The van der Waals surface area contributed by atoms with E-state index >= 15 is 0 Å². The third-order valence-electron chi connectivity index (χ3n) is 4.60. The molecule has 1 aliphatic heterocycles. The van der Waals surface area contributed by atoms with Crippen LogP contribution in [0.4, 0.5) is 14.0 Å². The minimum absolute atomic E-state index is 0.0682. The van der Waals surface area contributed by atoms with Crippen molar-refractivity contribution in [2.75, 3.05) is 6.54 Å². The summed E-state index contributed by atoms with van der Waals surface area (Å²) in [5, 5.41) is 7.04. The smallest absolute Gasteiger partial charge is 0.325 e. The number of halogens is 1. The maximum absolute atomic E-state index is 13.2. The van der Waals surface area contributed by atoms with Crippen LogP contribution >= 0.6 is 0 Å². The number of carbonyl (C=O) groups excluding carboxylic acids is 4. The molecule has 9 nitrogen and oxygen atoms in total. The number of nitrogens with one attached hydrogen (secondary N) is 3. The predicted octanol–water partition coefficient (Wildman–Crippen LogP) is 1.60. The number of hydrogen-bond donors (Lipinski definition) is 3. The third-order valence-corrected chi connectivity index (χ3v) is 4.60. The zero-order valence-electron chi connectivity index (χ0n) is 15.5. The molecular weight excluding hydrogens is 383 g/mol. The topological polar surface area (TPSA) is 121 Å². The largest absolute Gasteiger partial charge is 0.467 e. The highest BCUT2D eigenvalue weighted by Crippen LogP contribution is 2.32. The van der Waals surface area contributed by atoms with Gasteiger partial charge >= 0.3 is 12.1 Å². The number of imide groups is 2. The van der Waals surface area contributed by atoms with Gasteiger partial charge in [0, 0.05) is 0 Å². The first kappa shape index (κ1) is 20.1. The number of rotatable bonds is 6. The summed E-state index contributed by atoms with van der Waals surface area (Å²) in [5.41, 5.74) is -0.995. The Morgan fingerprint density at radius 1 is 1.21 bits per heavy atom. The molecule has 2 aromatic rings. The Labute approximate surface area is 165 Å². The van der Waals surface area contributed by atoms with E-state index in [1.807, 2.05) is 5.32 Å². The first-order valence-electron chi connectivity index (χ1n) is 8.86. The van der Waals surface area contributed by atoms with Crippen molar-refractivity contribution in [3.63, 3.8) is 0 Å². The van der Waals surface area contributed by atoms with Gasteiger partial charge in [0.2, 0.25) is 5.91 Å². The van der Waals surface area contributed by atoms with E-state index in [4.69, 9.17) is 4.42 Å². The number of furan rings is 1. The van der Waals surface area contributed by atoms with Crippen molar-refractivity contribution in [3.8, 4) is 0 Å². The predicted molar refractivity (Wildman–Crippen MR) is 97.7 cm³/mol. The van der Waals surface area contributed by atoms with E-state index in [2.05, 4.69) is 10.6 Å². The Bertz CT molecular complexity index is 929. The lowest BCUT2D eigenvalue weighted by Crippen LogP contribution is -2.47. The normalized spacial score (nSPS) is 18.5. The van der Waals surface area contributed by atoms with E-state index in [1.54, 1.807) is 19.1 Å². The third kappa shape index (κ3) is 4.10. The molecule has 1 atom stereocenters. The summed E-state index contributed by atoms with van der Waals surface area (Å²) in [4.78, 5) is 49.9. The lowest BCUT2D eigenvalue weighted by Gasteiger charge is -2.25. The molecule has 1 aromatic carbocycles. The van der Waals surface area contributed by atoms with Gasteiger partial charge in [-0.15, -0.1) is 0 Å². The maximum atomic E-state index is 13.2. The van der Waals surface area contributed by atoms with Gasteiger partial charge < -0.3 is 15.1 Å². The molecule has 29 heavy (non-hydrogen) atoms. The quantitative estimate of drug-likeness (QED) is 0.634. The van der Waals surface area contributed by atoms with Crippen molar-refractivity contribution in [1.29, 1.82) is 0 Å². The summed E-state index contributed by atoms with van der Waals surface area (Å²) >= 11 is 0. The van der Waals surface area contributed by atoms with Gasteiger partial charge in [-0.05, 0) is 36.2 Å². The van der Waals surface area contributed by atoms with Gasteiger partial charge in [0.05, 0.1) is 12.8 Å². The molecular formula is C19H19FN4O5. The highest BCUT2D eigenvalue weighted by molar-refractivity contribution is 6.10. The summed E-state index contributed by atoms with van der Waals surface area (Å²) in [6.45, 7) is 1.12. The fraction of sp³-hybridized carbons (Fsp3) is 0.263. The first-order chi connectivity index (χ1) is 13.9. The molecule has 6 amide bonds. The lowest BCUT2D eigenvalue weighted by molar-refractivity contribution is -0.135. The summed E-state index contributed by atoms with van der Waals surface area (Å²) in [6.07, 6.45) is 1.64. The Kier molecular flexibility index (Phi) is 5.62. The van der Waals surface area contributed by atoms with E-state index in [9.17, 15) is 23.6 Å². The molecule has 0 saturated carbocycles. The van der Waals surface area contributed by atoms with Crippen molar-refractivity contribution >= 4 is 23.9 Å². The summed E-state index contributed by atoms with van der Waals surface area (Å²) < 4.78 is 18.3. The van der Waals surface area contributed by atoms with E-state index in [1.165, 1.54) is 30.5 Å². The molecule has 0 spiro atoms. The van der Waals surface area contributed by atoms with E-state index in [0.717, 1.165) is 4.90 Å². The maximum Gasteiger partial charge on any atom is 0.325 e. The van der Waals surface area contributed by atoms with Crippen LogP contribution in [0.25, 0.3) is 0 Å². The summed E-state index contributed by atoms with van der Waals surface area (Å²) in [7, 11) is 0. The zero-order chi connectivity index (χ0) is 21.0. The van der Waals surface area contributed by atoms with Crippen LogP contribution in [0.5, 0.6) is 0 Å². The zero-order valence-corrected chi connectivity index (χ0v) is 15.5. The van der Waals surface area contributed by atoms with Crippen LogP contribution in [0.3, 0.4) is 0 Å². The molecule has 0 unspecified atom stereocenters. The fourth-order valence-corrected chi connectivity index (χ4v) is 3.08. The van der Waals surface area contributed by atoms with E-state index < -0.39 is 41.8 Å². The molecule has 3 N–H and O–H groups in total.